The van der Waals surface area contributed by atoms with Gasteiger partial charge in [0.15, 0.2) is 16.7 Å². The van der Waals surface area contributed by atoms with E-state index >= 15 is 0 Å². The number of carbonyl (C=O) groups is 1. The Balaban J connectivity index is 1.56. The summed E-state index contributed by atoms with van der Waals surface area (Å²) in [6.07, 6.45) is 2.25. The van der Waals surface area contributed by atoms with E-state index in [1.807, 2.05) is 79.1 Å². The fraction of sp³-hybridized carbons (Fsp3) is 0.217. The summed E-state index contributed by atoms with van der Waals surface area (Å²) in [5, 5.41) is 12.4. The van der Waals surface area contributed by atoms with Crippen LogP contribution in [-0.4, -0.2) is 31.7 Å². The van der Waals surface area contributed by atoms with Crippen LogP contribution < -0.4 is 5.32 Å². The van der Waals surface area contributed by atoms with Gasteiger partial charge in [-0.2, -0.15) is 0 Å². The topological polar surface area (TPSA) is 85.8 Å². The molecule has 0 aliphatic carbocycles. The van der Waals surface area contributed by atoms with Gasteiger partial charge in [-0.3, -0.25) is 9.36 Å². The van der Waals surface area contributed by atoms with E-state index in [2.05, 4.69) is 20.5 Å². The monoisotopic (exact) mass is 433 g/mol. The first kappa shape index (κ1) is 20.9. The maximum atomic E-state index is 12.2. The summed E-state index contributed by atoms with van der Waals surface area (Å²) in [5.74, 6) is 1.42. The van der Waals surface area contributed by atoms with Crippen molar-refractivity contribution in [3.8, 4) is 17.1 Å². The van der Waals surface area contributed by atoms with Crippen LogP contribution in [0.4, 0.5) is 0 Å². The predicted molar refractivity (Wildman–Crippen MR) is 120 cm³/mol. The number of benzene rings is 2. The zero-order valence-corrected chi connectivity index (χ0v) is 18.2. The third kappa shape index (κ3) is 4.86. The number of aromatic nitrogens is 4. The molecular formula is C23H23N5O2S. The average molecular weight is 434 g/mol. The lowest BCUT2D eigenvalue weighted by molar-refractivity contribution is 0.0934. The van der Waals surface area contributed by atoms with Crippen LogP contribution in [0.3, 0.4) is 0 Å². The molecule has 4 rings (SSSR count). The standard InChI is InChI=1S/C23H23N5O2S/c1-3-16(2)24-22(29)19-14-30-20(25-19)15-31-23-27-26-21(17-10-6-4-7-11-17)28(23)18-12-8-5-9-13-18/h4-14,16H,3,15H2,1-2H3,(H,24,29). The number of thioether (sulfide) groups is 1. The van der Waals surface area contributed by atoms with Gasteiger partial charge in [-0.1, -0.05) is 67.2 Å². The fourth-order valence-electron chi connectivity index (χ4n) is 2.95. The van der Waals surface area contributed by atoms with Gasteiger partial charge in [-0.25, -0.2) is 4.98 Å². The molecule has 0 saturated heterocycles. The van der Waals surface area contributed by atoms with Crippen molar-refractivity contribution in [2.45, 2.75) is 37.2 Å². The van der Waals surface area contributed by atoms with Crippen LogP contribution in [0.15, 0.2) is 76.5 Å². The highest BCUT2D eigenvalue weighted by Crippen LogP contribution is 2.29. The summed E-state index contributed by atoms with van der Waals surface area (Å²) in [5.41, 5.74) is 2.23. The van der Waals surface area contributed by atoms with Gasteiger partial charge in [0.2, 0.25) is 5.89 Å². The molecule has 1 amide bonds. The second-order valence-corrected chi connectivity index (χ2v) is 7.98. The second kappa shape index (κ2) is 9.61. The van der Waals surface area contributed by atoms with Crippen LogP contribution in [0.25, 0.3) is 17.1 Å². The van der Waals surface area contributed by atoms with E-state index in [1.54, 1.807) is 0 Å². The Morgan fingerprint density at radius 2 is 1.81 bits per heavy atom. The van der Waals surface area contributed by atoms with Gasteiger partial charge < -0.3 is 9.73 Å². The molecule has 0 aliphatic rings. The van der Waals surface area contributed by atoms with Crippen molar-refractivity contribution in [2.24, 2.45) is 0 Å². The zero-order valence-electron chi connectivity index (χ0n) is 17.4. The van der Waals surface area contributed by atoms with Gasteiger partial charge in [0.05, 0.1) is 5.75 Å². The largest absolute Gasteiger partial charge is 0.447 e. The van der Waals surface area contributed by atoms with E-state index in [4.69, 9.17) is 4.42 Å². The molecule has 7 nitrogen and oxygen atoms in total. The highest BCUT2D eigenvalue weighted by Gasteiger charge is 2.18. The number of hydrogen-bond acceptors (Lipinski definition) is 6. The van der Waals surface area contributed by atoms with Crippen molar-refractivity contribution in [1.82, 2.24) is 25.1 Å². The van der Waals surface area contributed by atoms with Gasteiger partial charge in [0.25, 0.3) is 5.91 Å². The van der Waals surface area contributed by atoms with Gasteiger partial charge in [-0.05, 0) is 25.5 Å². The number of rotatable bonds is 8. The first-order valence-corrected chi connectivity index (χ1v) is 11.1. The van der Waals surface area contributed by atoms with Gasteiger partial charge in [0, 0.05) is 17.3 Å². The Morgan fingerprint density at radius 3 is 2.52 bits per heavy atom. The number of para-hydroxylation sites is 1. The van der Waals surface area contributed by atoms with Crippen LogP contribution in [0, 0.1) is 0 Å². The zero-order chi connectivity index (χ0) is 21.6. The van der Waals surface area contributed by atoms with Crippen LogP contribution in [0.1, 0.15) is 36.6 Å². The quantitative estimate of drug-likeness (QED) is 0.404. The number of carbonyl (C=O) groups excluding carboxylic acids is 1. The van der Waals surface area contributed by atoms with Gasteiger partial charge in [0.1, 0.15) is 6.26 Å². The first-order valence-electron chi connectivity index (χ1n) is 10.1. The van der Waals surface area contributed by atoms with Crippen LogP contribution in [0.5, 0.6) is 0 Å². The lowest BCUT2D eigenvalue weighted by atomic mass is 10.2. The van der Waals surface area contributed by atoms with Crippen LogP contribution >= 0.6 is 11.8 Å². The lowest BCUT2D eigenvalue weighted by Gasteiger charge is -2.09. The molecule has 4 aromatic rings. The van der Waals surface area contributed by atoms with Gasteiger partial charge in [-0.15, -0.1) is 10.2 Å². The summed E-state index contributed by atoms with van der Waals surface area (Å²) in [4.78, 5) is 16.6. The molecule has 158 valence electrons. The summed E-state index contributed by atoms with van der Waals surface area (Å²) in [6.45, 7) is 3.97. The molecule has 2 aromatic carbocycles. The molecule has 0 radical (unpaired) electrons. The number of oxazole rings is 1. The molecule has 2 heterocycles. The summed E-state index contributed by atoms with van der Waals surface area (Å²) < 4.78 is 7.52. The maximum Gasteiger partial charge on any atom is 0.273 e. The lowest BCUT2D eigenvalue weighted by Crippen LogP contribution is -2.32. The molecule has 31 heavy (non-hydrogen) atoms. The highest BCUT2D eigenvalue weighted by atomic mass is 32.2. The summed E-state index contributed by atoms with van der Waals surface area (Å²) >= 11 is 1.46. The molecule has 0 bridgehead atoms. The van der Waals surface area contributed by atoms with E-state index in [1.165, 1.54) is 18.0 Å². The minimum Gasteiger partial charge on any atom is -0.447 e. The molecule has 2 aromatic heterocycles. The Kier molecular flexibility index (Phi) is 6.47. The van der Waals surface area contributed by atoms with E-state index in [0.717, 1.165) is 23.5 Å². The number of hydrogen-bond donors (Lipinski definition) is 1. The van der Waals surface area contributed by atoms with Crippen molar-refractivity contribution in [3.05, 3.63) is 78.5 Å². The van der Waals surface area contributed by atoms with E-state index in [-0.39, 0.29) is 17.6 Å². The van der Waals surface area contributed by atoms with E-state index < -0.39 is 0 Å². The fourth-order valence-corrected chi connectivity index (χ4v) is 3.76. The third-order valence-corrected chi connectivity index (χ3v) is 5.69. The molecule has 0 saturated carbocycles. The molecular weight excluding hydrogens is 410 g/mol. The SMILES string of the molecule is CCC(C)NC(=O)c1coc(CSc2nnc(-c3ccccc3)n2-c2ccccc2)n1. The Morgan fingerprint density at radius 1 is 1.10 bits per heavy atom. The molecule has 0 aliphatic heterocycles. The average Bonchev–Trinajstić information content (AvgIpc) is 3.46. The Labute approximate surface area is 184 Å². The Bertz CT molecular complexity index is 1140. The third-order valence-electron chi connectivity index (χ3n) is 4.78. The van der Waals surface area contributed by atoms with Crippen LogP contribution in [0.2, 0.25) is 0 Å². The minimum absolute atomic E-state index is 0.0860. The molecule has 1 unspecified atom stereocenters. The summed E-state index contributed by atoms with van der Waals surface area (Å²) in [7, 11) is 0. The Hall–Kier alpha value is -3.39. The smallest absolute Gasteiger partial charge is 0.273 e. The predicted octanol–water partition coefficient (Wildman–Crippen LogP) is 4.74. The van der Waals surface area contributed by atoms with Crippen molar-refractivity contribution in [2.75, 3.05) is 0 Å². The summed E-state index contributed by atoms with van der Waals surface area (Å²) in [6, 6.07) is 20.0. The van der Waals surface area contributed by atoms with Crippen molar-refractivity contribution in [1.29, 1.82) is 0 Å². The molecule has 0 spiro atoms. The number of nitrogens with zero attached hydrogens (tertiary/aromatic N) is 4. The maximum absolute atomic E-state index is 12.2. The normalized spacial score (nSPS) is 11.9. The minimum atomic E-state index is -0.229. The van der Waals surface area contributed by atoms with Crippen molar-refractivity contribution in [3.63, 3.8) is 0 Å². The first-order chi connectivity index (χ1) is 15.2. The van der Waals surface area contributed by atoms with Crippen molar-refractivity contribution >= 4 is 17.7 Å². The molecule has 8 heteroatoms. The van der Waals surface area contributed by atoms with E-state index in [9.17, 15) is 4.79 Å². The second-order valence-electron chi connectivity index (χ2n) is 7.04. The number of nitrogens with one attached hydrogen (secondary N) is 1. The molecule has 1 N–H and O–H groups in total. The molecule has 1 atom stereocenters. The van der Waals surface area contributed by atoms with E-state index in [0.29, 0.717) is 16.8 Å². The van der Waals surface area contributed by atoms with Gasteiger partial charge >= 0.3 is 0 Å². The molecule has 0 fully saturated rings. The number of amides is 1. The van der Waals surface area contributed by atoms with Crippen molar-refractivity contribution < 1.29 is 9.21 Å². The van der Waals surface area contributed by atoms with Crippen LogP contribution in [-0.2, 0) is 5.75 Å². The highest BCUT2D eigenvalue weighted by molar-refractivity contribution is 7.98.